The van der Waals surface area contributed by atoms with E-state index in [1.54, 1.807) is 6.07 Å². The minimum atomic E-state index is -0.396. The van der Waals surface area contributed by atoms with Crippen LogP contribution in [0.2, 0.25) is 0 Å². The van der Waals surface area contributed by atoms with Crippen molar-refractivity contribution in [2.45, 2.75) is 51.0 Å². The number of hydrogen-bond donors (Lipinski definition) is 1. The summed E-state index contributed by atoms with van der Waals surface area (Å²) in [7, 11) is 0. The Kier molecular flexibility index (Phi) is 4.60. The van der Waals surface area contributed by atoms with Gasteiger partial charge in [0.25, 0.3) is 5.69 Å². The number of nitro groups is 1. The summed E-state index contributed by atoms with van der Waals surface area (Å²) in [5, 5.41) is 10.7. The average Bonchev–Trinajstić information content (AvgIpc) is 2.62. The quantitative estimate of drug-likeness (QED) is 0.520. The molecule has 1 saturated carbocycles. The summed E-state index contributed by atoms with van der Waals surface area (Å²) in [6.45, 7) is 2.30. The molecule has 0 unspecified atom stereocenters. The van der Waals surface area contributed by atoms with E-state index in [2.05, 4.69) is 0 Å². The summed E-state index contributed by atoms with van der Waals surface area (Å²) in [5.74, 6) is 0.685. The molecule has 1 aromatic carbocycles. The van der Waals surface area contributed by atoms with Gasteiger partial charge in [-0.1, -0.05) is 25.7 Å². The second-order valence-corrected chi connectivity index (χ2v) is 5.77. The van der Waals surface area contributed by atoms with Crippen molar-refractivity contribution in [3.05, 3.63) is 33.9 Å². The molecule has 1 fully saturated rings. The largest absolute Gasteiger partial charge is 0.491 e. The van der Waals surface area contributed by atoms with Crippen molar-refractivity contribution < 1.29 is 9.66 Å². The molecule has 0 radical (unpaired) electrons. The van der Waals surface area contributed by atoms with E-state index >= 15 is 0 Å². The number of nitrogens with zero attached hydrogens (tertiary/aromatic N) is 1. The average molecular weight is 278 g/mol. The number of hydrogen-bond acceptors (Lipinski definition) is 4. The molecule has 110 valence electrons. The van der Waals surface area contributed by atoms with Crippen LogP contribution >= 0.6 is 0 Å². The van der Waals surface area contributed by atoms with Gasteiger partial charge in [-0.15, -0.1) is 0 Å². The second-order valence-electron chi connectivity index (χ2n) is 5.77. The normalized spacial score (nSPS) is 18.3. The molecule has 1 aliphatic carbocycles. The van der Waals surface area contributed by atoms with E-state index < -0.39 is 4.92 Å². The zero-order chi connectivity index (χ0) is 14.6. The molecule has 20 heavy (non-hydrogen) atoms. The highest BCUT2D eigenvalue weighted by Crippen LogP contribution is 2.28. The Morgan fingerprint density at radius 1 is 1.30 bits per heavy atom. The van der Waals surface area contributed by atoms with E-state index in [-0.39, 0.29) is 11.2 Å². The van der Waals surface area contributed by atoms with E-state index in [4.69, 9.17) is 10.5 Å². The molecule has 5 heteroatoms. The molecule has 0 aliphatic heterocycles. The minimum Gasteiger partial charge on any atom is -0.491 e. The Bertz CT molecular complexity index is 480. The summed E-state index contributed by atoms with van der Waals surface area (Å²) < 4.78 is 5.82. The fraction of sp³-hybridized carbons (Fsp3) is 0.600. The summed E-state index contributed by atoms with van der Waals surface area (Å²) in [4.78, 5) is 10.3. The van der Waals surface area contributed by atoms with Crippen LogP contribution in [0.5, 0.6) is 5.75 Å². The maximum absolute atomic E-state index is 10.7. The maximum Gasteiger partial charge on any atom is 0.269 e. The number of rotatable bonds is 4. The molecule has 1 aromatic rings. The zero-order valence-electron chi connectivity index (χ0n) is 11.9. The van der Waals surface area contributed by atoms with Crippen LogP contribution in [0.4, 0.5) is 5.69 Å². The number of non-ortho nitro benzene ring substituents is 1. The lowest BCUT2D eigenvalue weighted by Gasteiger charge is -2.28. The summed E-state index contributed by atoms with van der Waals surface area (Å²) in [6, 6.07) is 4.66. The van der Waals surface area contributed by atoms with E-state index in [0.717, 1.165) is 31.2 Å². The van der Waals surface area contributed by atoms with Gasteiger partial charge in [-0.2, -0.15) is 0 Å². The van der Waals surface area contributed by atoms with Gasteiger partial charge < -0.3 is 10.5 Å². The van der Waals surface area contributed by atoms with E-state index in [9.17, 15) is 10.1 Å². The maximum atomic E-state index is 10.7. The minimum absolute atomic E-state index is 0.0896. The van der Waals surface area contributed by atoms with Gasteiger partial charge in [-0.25, -0.2) is 0 Å². The topological polar surface area (TPSA) is 78.4 Å². The van der Waals surface area contributed by atoms with Crippen LogP contribution < -0.4 is 10.5 Å². The molecular weight excluding hydrogens is 256 g/mol. The number of aryl methyl sites for hydroxylation is 1. The lowest BCUT2D eigenvalue weighted by atomic mass is 9.92. The number of benzene rings is 1. The van der Waals surface area contributed by atoms with Crippen molar-refractivity contribution in [2.24, 2.45) is 5.73 Å². The van der Waals surface area contributed by atoms with Gasteiger partial charge in [0.15, 0.2) is 0 Å². The molecular formula is C15H22N2O3. The predicted octanol–water partition coefficient (Wildman–Crippen LogP) is 3.33. The van der Waals surface area contributed by atoms with E-state index in [1.807, 2.05) is 6.92 Å². The van der Waals surface area contributed by atoms with Gasteiger partial charge in [0.1, 0.15) is 12.4 Å². The zero-order valence-corrected chi connectivity index (χ0v) is 11.9. The lowest BCUT2D eigenvalue weighted by molar-refractivity contribution is -0.384. The Labute approximate surface area is 119 Å². The Balaban J connectivity index is 2.01. The van der Waals surface area contributed by atoms with Crippen LogP contribution in [0.3, 0.4) is 0 Å². The van der Waals surface area contributed by atoms with Crippen molar-refractivity contribution >= 4 is 5.69 Å². The lowest BCUT2D eigenvalue weighted by Crippen LogP contribution is -2.45. The summed E-state index contributed by atoms with van der Waals surface area (Å²) in [6.07, 6.45) is 6.77. The highest BCUT2D eigenvalue weighted by atomic mass is 16.6. The summed E-state index contributed by atoms with van der Waals surface area (Å²) >= 11 is 0. The molecule has 2 rings (SSSR count). The summed E-state index contributed by atoms with van der Waals surface area (Å²) in [5.41, 5.74) is 7.01. The highest BCUT2D eigenvalue weighted by Gasteiger charge is 2.27. The Morgan fingerprint density at radius 3 is 2.50 bits per heavy atom. The molecule has 0 bridgehead atoms. The van der Waals surface area contributed by atoms with Gasteiger partial charge in [0.2, 0.25) is 0 Å². The molecule has 0 aromatic heterocycles. The van der Waals surface area contributed by atoms with Gasteiger partial charge in [0, 0.05) is 12.1 Å². The Hall–Kier alpha value is -1.62. The third-order valence-corrected chi connectivity index (χ3v) is 3.98. The standard InChI is InChI=1S/C15H22N2O3/c1-12-10-13(17(18)19)6-7-14(12)20-11-15(16)8-4-2-3-5-9-15/h6-7,10H,2-5,8-9,11,16H2,1H3. The smallest absolute Gasteiger partial charge is 0.269 e. The van der Waals surface area contributed by atoms with Crippen molar-refractivity contribution in [2.75, 3.05) is 6.61 Å². The third-order valence-electron chi connectivity index (χ3n) is 3.98. The first-order valence-electron chi connectivity index (χ1n) is 7.17. The van der Waals surface area contributed by atoms with Crippen LogP contribution in [0.1, 0.15) is 44.1 Å². The molecule has 0 spiro atoms. The van der Waals surface area contributed by atoms with Crippen LogP contribution in [0.15, 0.2) is 18.2 Å². The van der Waals surface area contributed by atoms with Gasteiger partial charge in [-0.05, 0) is 31.4 Å². The molecule has 2 N–H and O–H groups in total. The van der Waals surface area contributed by atoms with Gasteiger partial charge in [-0.3, -0.25) is 10.1 Å². The Morgan fingerprint density at radius 2 is 1.95 bits per heavy atom. The van der Waals surface area contributed by atoms with Crippen LogP contribution in [-0.4, -0.2) is 17.1 Å². The van der Waals surface area contributed by atoms with Crippen LogP contribution in [-0.2, 0) is 0 Å². The molecule has 0 saturated heterocycles. The first-order valence-corrected chi connectivity index (χ1v) is 7.17. The monoisotopic (exact) mass is 278 g/mol. The SMILES string of the molecule is Cc1cc([N+](=O)[O-])ccc1OCC1(N)CCCCCC1. The van der Waals surface area contributed by atoms with Crippen molar-refractivity contribution in [1.82, 2.24) is 0 Å². The predicted molar refractivity (Wildman–Crippen MR) is 77.9 cm³/mol. The number of nitrogens with two attached hydrogens (primary N) is 1. The van der Waals surface area contributed by atoms with Crippen molar-refractivity contribution in [1.29, 1.82) is 0 Å². The van der Waals surface area contributed by atoms with E-state index in [0.29, 0.717) is 12.4 Å². The second kappa shape index (κ2) is 6.22. The third kappa shape index (κ3) is 3.70. The molecule has 0 heterocycles. The molecule has 0 amide bonds. The van der Waals surface area contributed by atoms with Crippen molar-refractivity contribution in [3.8, 4) is 5.75 Å². The van der Waals surface area contributed by atoms with Crippen molar-refractivity contribution in [3.63, 3.8) is 0 Å². The van der Waals surface area contributed by atoms with Crippen LogP contribution in [0, 0.1) is 17.0 Å². The number of ether oxygens (including phenoxy) is 1. The number of nitro benzene ring substituents is 1. The van der Waals surface area contributed by atoms with Gasteiger partial charge in [0.05, 0.1) is 10.5 Å². The fourth-order valence-corrected chi connectivity index (χ4v) is 2.71. The molecule has 0 atom stereocenters. The first-order chi connectivity index (χ1) is 9.50. The molecule has 5 nitrogen and oxygen atoms in total. The fourth-order valence-electron chi connectivity index (χ4n) is 2.71. The molecule has 1 aliphatic rings. The van der Waals surface area contributed by atoms with Gasteiger partial charge >= 0.3 is 0 Å². The van der Waals surface area contributed by atoms with Crippen LogP contribution in [0.25, 0.3) is 0 Å². The highest BCUT2D eigenvalue weighted by molar-refractivity contribution is 5.42. The van der Waals surface area contributed by atoms with E-state index in [1.165, 1.54) is 25.0 Å². The first kappa shape index (κ1) is 14.8.